The molecule has 0 aliphatic rings. The first-order valence-electron chi connectivity index (χ1n) is 6.71. The van der Waals surface area contributed by atoms with Crippen molar-refractivity contribution >= 4 is 21.7 Å². The molecule has 0 aromatic heterocycles. The van der Waals surface area contributed by atoms with Crippen molar-refractivity contribution in [1.82, 2.24) is 0 Å². The van der Waals surface area contributed by atoms with E-state index in [9.17, 15) is 8.42 Å². The molecule has 124 valence electrons. The normalized spacial score (nSPS) is 11.2. The molecule has 2 rings (SSSR count). The third-order valence-corrected chi connectivity index (χ3v) is 5.10. The monoisotopic (exact) mass is 356 g/mol. The van der Waals surface area contributed by atoms with Crippen molar-refractivity contribution < 1.29 is 22.1 Å². The Morgan fingerprint density at radius 2 is 1.52 bits per heavy atom. The first kappa shape index (κ1) is 17.4. The molecule has 0 amide bonds. The standard InChI is InChI=1S/C16H17ClO5S/c1-10-7-12(5-6-13(10)17)22-23(18,19)16-9-15(21-4)14(20-3)8-11(16)2/h5-9H,1-4H3. The van der Waals surface area contributed by atoms with Crippen molar-refractivity contribution in [3.63, 3.8) is 0 Å². The molecule has 7 heteroatoms. The highest BCUT2D eigenvalue weighted by Crippen LogP contribution is 2.33. The second kappa shape index (κ2) is 6.68. The maximum atomic E-state index is 12.5. The van der Waals surface area contributed by atoms with E-state index in [0.29, 0.717) is 22.1 Å². The highest BCUT2D eigenvalue weighted by Gasteiger charge is 2.22. The topological polar surface area (TPSA) is 61.8 Å². The van der Waals surface area contributed by atoms with Gasteiger partial charge in [0.05, 0.1) is 14.2 Å². The predicted octanol–water partition coefficient (Wildman–Crippen LogP) is 3.74. The number of hydrogen-bond acceptors (Lipinski definition) is 5. The molecule has 0 fully saturated rings. The SMILES string of the molecule is COc1cc(C)c(S(=O)(=O)Oc2ccc(Cl)c(C)c2)cc1OC. The van der Waals surface area contributed by atoms with E-state index in [0.717, 1.165) is 5.56 Å². The first-order chi connectivity index (χ1) is 10.8. The lowest BCUT2D eigenvalue weighted by atomic mass is 10.2. The Labute approximate surface area is 140 Å². The van der Waals surface area contributed by atoms with E-state index in [1.54, 1.807) is 32.0 Å². The van der Waals surface area contributed by atoms with Crippen molar-refractivity contribution in [3.8, 4) is 17.2 Å². The van der Waals surface area contributed by atoms with E-state index in [1.807, 2.05) is 0 Å². The first-order valence-corrected chi connectivity index (χ1v) is 8.50. The Kier molecular flexibility index (Phi) is 5.06. The summed E-state index contributed by atoms with van der Waals surface area (Å²) in [5.74, 6) is 0.958. The van der Waals surface area contributed by atoms with Crippen LogP contribution in [0.3, 0.4) is 0 Å². The van der Waals surface area contributed by atoms with Crippen LogP contribution in [-0.2, 0) is 10.1 Å². The zero-order chi connectivity index (χ0) is 17.2. The van der Waals surface area contributed by atoms with Crippen LogP contribution in [0.15, 0.2) is 35.2 Å². The molecule has 0 spiro atoms. The third kappa shape index (κ3) is 3.71. The van der Waals surface area contributed by atoms with Gasteiger partial charge >= 0.3 is 10.1 Å². The van der Waals surface area contributed by atoms with E-state index in [4.69, 9.17) is 25.3 Å². The smallest absolute Gasteiger partial charge is 0.339 e. The van der Waals surface area contributed by atoms with Crippen LogP contribution >= 0.6 is 11.6 Å². The number of halogens is 1. The van der Waals surface area contributed by atoms with Gasteiger partial charge in [0, 0.05) is 11.1 Å². The van der Waals surface area contributed by atoms with Gasteiger partial charge in [-0.15, -0.1) is 0 Å². The molecule has 0 radical (unpaired) electrons. The molecule has 23 heavy (non-hydrogen) atoms. The van der Waals surface area contributed by atoms with Gasteiger partial charge in [-0.2, -0.15) is 8.42 Å². The number of benzene rings is 2. The molecule has 2 aromatic rings. The van der Waals surface area contributed by atoms with Crippen LogP contribution in [0.2, 0.25) is 5.02 Å². The quantitative estimate of drug-likeness (QED) is 0.764. The minimum Gasteiger partial charge on any atom is -0.493 e. The average Bonchev–Trinajstić information content (AvgIpc) is 2.50. The summed E-state index contributed by atoms with van der Waals surface area (Å²) in [6, 6.07) is 7.62. The van der Waals surface area contributed by atoms with Gasteiger partial charge in [0.2, 0.25) is 0 Å². The van der Waals surface area contributed by atoms with Gasteiger partial charge in [-0.05, 0) is 49.2 Å². The van der Waals surface area contributed by atoms with Crippen LogP contribution in [0, 0.1) is 13.8 Å². The van der Waals surface area contributed by atoms with Crippen molar-refractivity contribution in [1.29, 1.82) is 0 Å². The van der Waals surface area contributed by atoms with E-state index in [-0.39, 0.29) is 10.6 Å². The minimum absolute atomic E-state index is 0.0164. The summed E-state index contributed by atoms with van der Waals surface area (Å²) in [6.07, 6.45) is 0. The Hall–Kier alpha value is -1.92. The van der Waals surface area contributed by atoms with Crippen LogP contribution in [0.1, 0.15) is 11.1 Å². The molecule has 0 aliphatic carbocycles. The molecular formula is C16H17ClO5S. The molecule has 0 N–H and O–H groups in total. The number of aryl methyl sites for hydroxylation is 2. The van der Waals surface area contributed by atoms with E-state index in [1.165, 1.54) is 26.4 Å². The fourth-order valence-corrected chi connectivity index (χ4v) is 3.34. The fraction of sp³-hybridized carbons (Fsp3) is 0.250. The summed E-state index contributed by atoms with van der Waals surface area (Å²) in [6.45, 7) is 3.43. The summed E-state index contributed by atoms with van der Waals surface area (Å²) in [4.78, 5) is 0.0164. The average molecular weight is 357 g/mol. The zero-order valence-corrected chi connectivity index (χ0v) is 14.8. The van der Waals surface area contributed by atoms with Crippen LogP contribution in [0.4, 0.5) is 0 Å². The number of ether oxygens (including phenoxy) is 2. The predicted molar refractivity (Wildman–Crippen MR) is 88.3 cm³/mol. The molecule has 0 saturated heterocycles. The van der Waals surface area contributed by atoms with Gasteiger partial charge in [0.1, 0.15) is 10.6 Å². The van der Waals surface area contributed by atoms with E-state index in [2.05, 4.69) is 0 Å². The lowest BCUT2D eigenvalue weighted by Crippen LogP contribution is -2.12. The van der Waals surface area contributed by atoms with Gasteiger partial charge < -0.3 is 13.7 Å². The van der Waals surface area contributed by atoms with Gasteiger partial charge in [-0.1, -0.05) is 11.6 Å². The lowest BCUT2D eigenvalue weighted by Gasteiger charge is -2.14. The van der Waals surface area contributed by atoms with Crippen molar-refractivity contribution in [2.75, 3.05) is 14.2 Å². The molecule has 5 nitrogen and oxygen atoms in total. The molecule has 0 atom stereocenters. The highest BCUT2D eigenvalue weighted by molar-refractivity contribution is 7.87. The third-order valence-electron chi connectivity index (χ3n) is 3.29. The second-order valence-corrected chi connectivity index (χ2v) is 6.84. The van der Waals surface area contributed by atoms with Crippen LogP contribution in [-0.4, -0.2) is 22.6 Å². The summed E-state index contributed by atoms with van der Waals surface area (Å²) in [5.41, 5.74) is 1.22. The van der Waals surface area contributed by atoms with E-state index >= 15 is 0 Å². The highest BCUT2D eigenvalue weighted by atomic mass is 35.5. The van der Waals surface area contributed by atoms with Crippen LogP contribution in [0.5, 0.6) is 17.2 Å². The van der Waals surface area contributed by atoms with Crippen LogP contribution in [0.25, 0.3) is 0 Å². The minimum atomic E-state index is -4.01. The van der Waals surface area contributed by atoms with Gasteiger partial charge in [-0.25, -0.2) is 0 Å². The molecule has 2 aromatic carbocycles. The lowest BCUT2D eigenvalue weighted by molar-refractivity contribution is 0.353. The van der Waals surface area contributed by atoms with E-state index < -0.39 is 10.1 Å². The summed E-state index contributed by atoms with van der Waals surface area (Å²) < 4.78 is 40.6. The fourth-order valence-electron chi connectivity index (χ4n) is 2.07. The maximum Gasteiger partial charge on any atom is 0.339 e. The number of rotatable bonds is 5. The molecular weight excluding hydrogens is 340 g/mol. The van der Waals surface area contributed by atoms with Gasteiger partial charge in [0.25, 0.3) is 0 Å². The van der Waals surface area contributed by atoms with Gasteiger partial charge in [-0.3, -0.25) is 0 Å². The summed E-state index contributed by atoms with van der Waals surface area (Å²) in [5, 5.41) is 0.539. The largest absolute Gasteiger partial charge is 0.493 e. The molecule has 0 bridgehead atoms. The number of methoxy groups -OCH3 is 2. The molecule has 0 saturated carbocycles. The molecule has 0 heterocycles. The molecule has 0 aliphatic heterocycles. The van der Waals surface area contributed by atoms with Crippen molar-refractivity contribution in [2.24, 2.45) is 0 Å². The van der Waals surface area contributed by atoms with Gasteiger partial charge in [0.15, 0.2) is 11.5 Å². The van der Waals surface area contributed by atoms with Crippen molar-refractivity contribution in [2.45, 2.75) is 18.7 Å². The molecule has 0 unspecified atom stereocenters. The van der Waals surface area contributed by atoms with Crippen LogP contribution < -0.4 is 13.7 Å². The van der Waals surface area contributed by atoms with Crippen molar-refractivity contribution in [3.05, 3.63) is 46.5 Å². The Balaban J connectivity index is 2.45. The zero-order valence-electron chi connectivity index (χ0n) is 13.2. The number of hydrogen-bond donors (Lipinski definition) is 0. The Morgan fingerprint density at radius 3 is 2.09 bits per heavy atom. The maximum absolute atomic E-state index is 12.5. The summed E-state index contributed by atoms with van der Waals surface area (Å²) in [7, 11) is -1.09. The Bertz CT molecular complexity index is 831. The summed E-state index contributed by atoms with van der Waals surface area (Å²) >= 11 is 5.93. The Morgan fingerprint density at radius 1 is 0.913 bits per heavy atom. The second-order valence-electron chi connectivity index (χ2n) is 4.92.